The van der Waals surface area contributed by atoms with Crippen molar-refractivity contribution < 1.29 is 27.5 Å². The van der Waals surface area contributed by atoms with E-state index >= 15 is 0 Å². The van der Waals surface area contributed by atoms with Crippen LogP contribution in [0.25, 0.3) is 0 Å². The lowest BCUT2D eigenvalue weighted by atomic mass is 9.89. The molecule has 2 aromatic rings. The van der Waals surface area contributed by atoms with Crippen LogP contribution >= 0.6 is 0 Å². The SMILES string of the molecule is CC1(C(=O)NCc2ccc(S(=O)(=O)N3CCOCC3)cc2)Cc2ccccc2C(=O)O1. The third kappa shape index (κ3) is 4.34. The highest BCUT2D eigenvalue weighted by Gasteiger charge is 2.42. The first-order chi connectivity index (χ1) is 14.8. The van der Waals surface area contributed by atoms with Gasteiger partial charge < -0.3 is 14.8 Å². The highest BCUT2D eigenvalue weighted by Crippen LogP contribution is 2.28. The topological polar surface area (TPSA) is 102 Å². The number of nitrogens with one attached hydrogen (secondary N) is 1. The molecule has 4 rings (SSSR count). The number of cyclic esters (lactones) is 1. The first-order valence-electron chi connectivity index (χ1n) is 10.1. The minimum atomic E-state index is -3.56. The van der Waals surface area contributed by atoms with Gasteiger partial charge in [0.25, 0.3) is 5.91 Å². The molecule has 8 nitrogen and oxygen atoms in total. The summed E-state index contributed by atoms with van der Waals surface area (Å²) in [6, 6.07) is 13.5. The van der Waals surface area contributed by atoms with Crippen molar-refractivity contribution in [2.45, 2.75) is 30.4 Å². The van der Waals surface area contributed by atoms with Crippen molar-refractivity contribution in [3.63, 3.8) is 0 Å². The Kier molecular flexibility index (Phi) is 5.83. The molecule has 0 saturated carbocycles. The highest BCUT2D eigenvalue weighted by molar-refractivity contribution is 7.89. The van der Waals surface area contributed by atoms with E-state index in [0.717, 1.165) is 11.1 Å². The molecule has 31 heavy (non-hydrogen) atoms. The smallest absolute Gasteiger partial charge is 0.339 e. The summed E-state index contributed by atoms with van der Waals surface area (Å²) in [5.74, 6) is -0.919. The molecule has 0 spiro atoms. The highest BCUT2D eigenvalue weighted by atomic mass is 32.2. The molecule has 9 heteroatoms. The fourth-order valence-corrected chi connectivity index (χ4v) is 5.15. The lowest BCUT2D eigenvalue weighted by Crippen LogP contribution is -2.51. The Labute approximate surface area is 181 Å². The minimum absolute atomic E-state index is 0.186. The molecular formula is C22H24N2O6S. The van der Waals surface area contributed by atoms with Crippen LogP contribution in [-0.4, -0.2) is 56.5 Å². The predicted molar refractivity (Wildman–Crippen MR) is 112 cm³/mol. The van der Waals surface area contributed by atoms with Gasteiger partial charge in [-0.25, -0.2) is 13.2 Å². The molecule has 2 aliphatic heterocycles. The normalized spacial score (nSPS) is 21.8. The summed E-state index contributed by atoms with van der Waals surface area (Å²) in [5.41, 5.74) is 0.685. The summed E-state index contributed by atoms with van der Waals surface area (Å²) in [5, 5.41) is 2.79. The van der Waals surface area contributed by atoms with Gasteiger partial charge in [0, 0.05) is 26.1 Å². The maximum atomic E-state index is 12.8. The van der Waals surface area contributed by atoms with Crippen LogP contribution in [0.4, 0.5) is 0 Å². The van der Waals surface area contributed by atoms with E-state index in [1.54, 1.807) is 31.2 Å². The maximum absolute atomic E-state index is 12.8. The quantitative estimate of drug-likeness (QED) is 0.702. The monoisotopic (exact) mass is 444 g/mol. The van der Waals surface area contributed by atoms with Gasteiger partial charge in [-0.15, -0.1) is 0 Å². The third-order valence-electron chi connectivity index (χ3n) is 5.55. The molecule has 0 bridgehead atoms. The summed E-state index contributed by atoms with van der Waals surface area (Å²) >= 11 is 0. The number of esters is 1. The first-order valence-corrected chi connectivity index (χ1v) is 11.5. The molecule has 1 saturated heterocycles. The zero-order valence-electron chi connectivity index (χ0n) is 17.2. The molecule has 0 aliphatic carbocycles. The van der Waals surface area contributed by atoms with Crippen LogP contribution in [0.2, 0.25) is 0 Å². The van der Waals surface area contributed by atoms with Crippen LogP contribution in [0.15, 0.2) is 53.4 Å². The van der Waals surface area contributed by atoms with Crippen molar-refractivity contribution >= 4 is 21.9 Å². The fraction of sp³-hybridized carbons (Fsp3) is 0.364. The lowest BCUT2D eigenvalue weighted by molar-refractivity contribution is -0.139. The van der Waals surface area contributed by atoms with Gasteiger partial charge in [0.1, 0.15) is 0 Å². The number of sulfonamides is 1. The van der Waals surface area contributed by atoms with Gasteiger partial charge in [0.15, 0.2) is 5.60 Å². The molecule has 1 N–H and O–H groups in total. The zero-order chi connectivity index (χ0) is 22.1. The molecule has 1 atom stereocenters. The van der Waals surface area contributed by atoms with Gasteiger partial charge in [-0.2, -0.15) is 4.31 Å². The Morgan fingerprint density at radius 2 is 1.77 bits per heavy atom. The largest absolute Gasteiger partial charge is 0.445 e. The van der Waals surface area contributed by atoms with Crippen molar-refractivity contribution in [3.05, 3.63) is 65.2 Å². The van der Waals surface area contributed by atoms with Crippen molar-refractivity contribution in [1.29, 1.82) is 0 Å². The van der Waals surface area contributed by atoms with Gasteiger partial charge in [-0.05, 0) is 36.2 Å². The molecule has 0 aromatic heterocycles. The number of carbonyl (C=O) groups is 2. The number of fused-ring (bicyclic) bond motifs is 1. The molecule has 1 unspecified atom stereocenters. The molecule has 1 amide bonds. The zero-order valence-corrected chi connectivity index (χ0v) is 18.0. The van der Waals surface area contributed by atoms with Crippen molar-refractivity contribution in [1.82, 2.24) is 9.62 Å². The number of morpholine rings is 1. The van der Waals surface area contributed by atoms with Gasteiger partial charge in [0.2, 0.25) is 10.0 Å². The van der Waals surface area contributed by atoms with E-state index in [1.807, 2.05) is 12.1 Å². The Bertz CT molecular complexity index is 1090. The second kappa shape index (κ2) is 8.41. The Hall–Kier alpha value is -2.75. The summed E-state index contributed by atoms with van der Waals surface area (Å²) in [6.45, 7) is 3.22. The third-order valence-corrected chi connectivity index (χ3v) is 7.46. The summed E-state index contributed by atoms with van der Waals surface area (Å²) in [4.78, 5) is 25.3. The number of ether oxygens (including phenoxy) is 2. The predicted octanol–water partition coefficient (Wildman–Crippen LogP) is 1.50. The second-order valence-corrected chi connectivity index (χ2v) is 9.74. The van der Waals surface area contributed by atoms with Crippen LogP contribution < -0.4 is 5.32 Å². The van der Waals surface area contributed by atoms with Crippen LogP contribution in [0.3, 0.4) is 0 Å². The standard InChI is InChI=1S/C22H24N2O6S/c1-22(14-17-4-2-3-5-19(17)20(25)30-22)21(26)23-15-16-6-8-18(9-7-16)31(27,28)24-10-12-29-13-11-24/h2-9H,10-15H2,1H3,(H,23,26). The number of amides is 1. The number of carbonyl (C=O) groups excluding carboxylic acids is 2. The van der Waals surface area contributed by atoms with Crippen molar-refractivity contribution in [2.24, 2.45) is 0 Å². The van der Waals surface area contributed by atoms with Gasteiger partial charge in [0.05, 0.1) is 23.7 Å². The van der Waals surface area contributed by atoms with Gasteiger partial charge in [-0.1, -0.05) is 30.3 Å². The van der Waals surface area contributed by atoms with E-state index in [0.29, 0.717) is 31.9 Å². The van der Waals surface area contributed by atoms with E-state index < -0.39 is 27.5 Å². The number of hydrogen-bond acceptors (Lipinski definition) is 6. The molecule has 1 fully saturated rings. The lowest BCUT2D eigenvalue weighted by Gasteiger charge is -2.33. The van der Waals surface area contributed by atoms with Crippen molar-refractivity contribution in [3.8, 4) is 0 Å². The molecular weight excluding hydrogens is 420 g/mol. The number of rotatable bonds is 5. The Morgan fingerprint density at radius 1 is 1.10 bits per heavy atom. The van der Waals surface area contributed by atoms with Crippen molar-refractivity contribution in [2.75, 3.05) is 26.3 Å². The first kappa shape index (κ1) is 21.5. The van der Waals surface area contributed by atoms with Crippen LogP contribution in [0.5, 0.6) is 0 Å². The molecule has 2 aromatic carbocycles. The average molecular weight is 445 g/mol. The summed E-state index contributed by atoms with van der Waals surface area (Å²) in [7, 11) is -3.56. The van der Waals surface area contributed by atoms with E-state index in [9.17, 15) is 18.0 Å². The van der Waals surface area contributed by atoms with Crippen LogP contribution in [-0.2, 0) is 37.3 Å². The fourth-order valence-electron chi connectivity index (χ4n) is 3.74. The van der Waals surface area contributed by atoms with E-state index in [1.165, 1.54) is 16.4 Å². The van der Waals surface area contributed by atoms with Crippen LogP contribution in [0, 0.1) is 0 Å². The van der Waals surface area contributed by atoms with Gasteiger partial charge >= 0.3 is 5.97 Å². The molecule has 0 radical (unpaired) electrons. The number of nitrogens with zero attached hydrogens (tertiary/aromatic N) is 1. The Balaban J connectivity index is 1.40. The Morgan fingerprint density at radius 3 is 2.48 bits per heavy atom. The molecule has 2 heterocycles. The van der Waals surface area contributed by atoms with E-state index in [2.05, 4.69) is 5.32 Å². The summed E-state index contributed by atoms with van der Waals surface area (Å²) in [6.07, 6.45) is 0.289. The maximum Gasteiger partial charge on any atom is 0.339 e. The minimum Gasteiger partial charge on any atom is -0.445 e. The van der Waals surface area contributed by atoms with E-state index in [4.69, 9.17) is 9.47 Å². The number of benzene rings is 2. The van der Waals surface area contributed by atoms with Gasteiger partial charge in [-0.3, -0.25) is 4.79 Å². The van der Waals surface area contributed by atoms with E-state index in [-0.39, 0.29) is 17.9 Å². The average Bonchev–Trinajstić information content (AvgIpc) is 2.78. The molecule has 164 valence electrons. The molecule has 2 aliphatic rings. The number of hydrogen-bond donors (Lipinski definition) is 1. The second-order valence-electron chi connectivity index (χ2n) is 7.80. The van der Waals surface area contributed by atoms with Crippen LogP contribution in [0.1, 0.15) is 28.4 Å². The summed E-state index contributed by atoms with van der Waals surface area (Å²) < 4.78 is 37.4.